The van der Waals surface area contributed by atoms with Gasteiger partial charge >= 0.3 is 0 Å². The quantitative estimate of drug-likeness (QED) is 0.409. The molecule has 5 nitrogen and oxygen atoms in total. The molecular formula is HN5. The molecule has 5 heavy (non-hydrogen) atoms. The van der Waals surface area contributed by atoms with Gasteiger partial charge in [0.15, 0.2) is 0 Å². The summed E-state index contributed by atoms with van der Waals surface area (Å²) in [4.78, 5) is 0. The number of H-pyrrole nitrogens is 1. The molecule has 1 rings (SSSR count). The van der Waals surface area contributed by atoms with E-state index in [-0.39, 0.29) is 0 Å². The molecule has 0 amide bonds. The van der Waals surface area contributed by atoms with Crippen LogP contribution in [0.4, 0.5) is 0 Å². The highest BCUT2D eigenvalue weighted by atomic mass is 16.0. The van der Waals surface area contributed by atoms with Crippen LogP contribution < -0.4 is 0 Å². The summed E-state index contributed by atoms with van der Waals surface area (Å²) in [5.74, 6) is 0. The zero-order valence-electron chi connectivity index (χ0n) is 2.29. The van der Waals surface area contributed by atoms with Crippen LogP contribution in [-0.4, -0.2) is 26.1 Å². The SMILES string of the molecule is n1n[15n]n[nH]1. The van der Waals surface area contributed by atoms with Crippen LogP contribution in [-0.2, 0) is 0 Å². The molecule has 0 aliphatic heterocycles. The van der Waals surface area contributed by atoms with Crippen molar-refractivity contribution in [1.29, 1.82) is 0 Å². The molecule has 0 atom stereocenters. The van der Waals surface area contributed by atoms with Gasteiger partial charge in [-0.1, -0.05) is 0 Å². The predicted octanol–water partition coefficient (Wildman–Crippen LogP) is -1.41. The van der Waals surface area contributed by atoms with Crippen LogP contribution in [0.25, 0.3) is 0 Å². The molecule has 1 heterocycles. The molecule has 1 aromatic heterocycles. The van der Waals surface area contributed by atoms with Crippen molar-refractivity contribution < 1.29 is 0 Å². The maximum atomic E-state index is 3.12. The average molecular weight is 72.0 g/mol. The fourth-order valence-electron chi connectivity index (χ4n) is 0.100. The minimum Gasteiger partial charge on any atom is -0.157 e. The van der Waals surface area contributed by atoms with Gasteiger partial charge in [0.1, 0.15) is 0 Å². The molecule has 1 aromatic rings. The monoisotopic (exact) mass is 72.0 g/mol. The lowest BCUT2D eigenvalue weighted by atomic mass is 12.7. The number of aromatic amines is 1. The number of rotatable bonds is 0. The van der Waals surface area contributed by atoms with Gasteiger partial charge in [-0.3, -0.25) is 0 Å². The van der Waals surface area contributed by atoms with Crippen molar-refractivity contribution in [3.05, 3.63) is 0 Å². The number of hydrogen-bond donors (Lipinski definition) is 1. The average Bonchev–Trinajstić information content (AvgIpc) is 1.76. The maximum absolute atomic E-state index is 3.12. The highest BCUT2D eigenvalue weighted by Crippen LogP contribution is 1.31. The molecule has 26 valence electrons. The fourth-order valence-corrected chi connectivity index (χ4v) is 0.100. The molecule has 0 saturated heterocycles. The van der Waals surface area contributed by atoms with Gasteiger partial charge in [-0.2, -0.15) is 5.21 Å². The minimum atomic E-state index is 2.14. The molecule has 0 radical (unpaired) electrons. The number of nitrogens with zero attached hydrogens (tertiary/aromatic N) is 4. The fraction of sp³-hybridized carbons (Fsp3) is 0. The lowest BCUT2D eigenvalue weighted by molar-refractivity contribution is 0.881. The Morgan fingerprint density at radius 2 is 1.60 bits per heavy atom. The van der Waals surface area contributed by atoms with Gasteiger partial charge in [-0.15, -0.1) is 0 Å². The van der Waals surface area contributed by atoms with E-state index in [1.165, 1.54) is 0 Å². The van der Waals surface area contributed by atoms with E-state index >= 15 is 0 Å². The molecular weight excluding hydrogens is 71.0 g/mol. The van der Waals surface area contributed by atoms with E-state index in [1.807, 2.05) is 0 Å². The van der Waals surface area contributed by atoms with Crippen LogP contribution in [0.5, 0.6) is 0 Å². The minimum absolute atomic E-state index is 2.14. The topological polar surface area (TPSA) is 67.3 Å². The molecule has 0 aliphatic rings. The van der Waals surface area contributed by atoms with Crippen LogP contribution in [0, 0.1) is 0 Å². The molecule has 0 bridgehead atoms. The molecule has 5 heteroatoms. The van der Waals surface area contributed by atoms with E-state index < -0.39 is 0 Å². The zero-order chi connectivity index (χ0) is 3.54. The summed E-state index contributed by atoms with van der Waals surface area (Å²) < 4.78 is 0. The highest BCUT2D eigenvalue weighted by molar-refractivity contribution is 3.84. The van der Waals surface area contributed by atoms with Gasteiger partial charge in [0, 0.05) is 0 Å². The van der Waals surface area contributed by atoms with Crippen molar-refractivity contribution in [3.8, 4) is 0 Å². The first-order chi connectivity index (χ1) is 2.50. The van der Waals surface area contributed by atoms with E-state index in [0.29, 0.717) is 0 Å². The van der Waals surface area contributed by atoms with Crippen molar-refractivity contribution in [1.82, 2.24) is 26.1 Å². The van der Waals surface area contributed by atoms with E-state index in [4.69, 9.17) is 0 Å². The first kappa shape index (κ1) is 2.25. The second-order valence-corrected chi connectivity index (χ2v) is 0.479. The van der Waals surface area contributed by atoms with Crippen molar-refractivity contribution in [2.45, 2.75) is 0 Å². The van der Waals surface area contributed by atoms with E-state index in [9.17, 15) is 0 Å². The molecule has 0 saturated carbocycles. The lowest BCUT2D eigenvalue weighted by Crippen LogP contribution is -1.64. The summed E-state index contributed by atoms with van der Waals surface area (Å²) in [5, 5.41) is 14.5. The van der Waals surface area contributed by atoms with Crippen LogP contribution in [0.15, 0.2) is 0 Å². The van der Waals surface area contributed by atoms with Crippen LogP contribution in [0.3, 0.4) is 0 Å². The summed E-state index contributed by atoms with van der Waals surface area (Å²) in [7, 11) is 0. The van der Waals surface area contributed by atoms with Crippen molar-refractivity contribution >= 4 is 0 Å². The van der Waals surface area contributed by atoms with Crippen molar-refractivity contribution in [3.63, 3.8) is 0 Å². The van der Waals surface area contributed by atoms with E-state index in [0.717, 1.165) is 0 Å². The summed E-state index contributed by atoms with van der Waals surface area (Å²) >= 11 is 0. The number of nitrogens with one attached hydrogen (secondary N) is 1. The highest BCUT2D eigenvalue weighted by Gasteiger charge is 1.59. The maximum Gasteiger partial charge on any atom is -0.00217 e. The molecule has 0 aliphatic carbocycles. The summed E-state index contributed by atoms with van der Waals surface area (Å²) in [6, 6.07) is 0. The third-order valence-corrected chi connectivity index (χ3v) is 0.219. The van der Waals surface area contributed by atoms with E-state index in [2.05, 4.69) is 26.1 Å². The van der Waals surface area contributed by atoms with Gasteiger partial charge in [0.2, 0.25) is 0 Å². The molecule has 0 unspecified atom stereocenters. The van der Waals surface area contributed by atoms with Crippen molar-refractivity contribution in [2.24, 2.45) is 0 Å². The van der Waals surface area contributed by atoms with Gasteiger partial charge in [-0.25, -0.2) is 0 Å². The van der Waals surface area contributed by atoms with Crippen LogP contribution in [0.1, 0.15) is 0 Å². The summed E-state index contributed by atoms with van der Waals surface area (Å²) in [5.41, 5.74) is 0. The second kappa shape index (κ2) is 0.750. The smallest absolute Gasteiger partial charge is 0.00217 e. The molecule has 1 N–H and O–H groups in total. The Bertz CT molecular complexity index is 56.5. The largest absolute Gasteiger partial charge is 0.157 e. The molecule has 0 fully saturated rings. The normalized spacial score (nSPS) is 8.00. The Labute approximate surface area is 27.4 Å². The van der Waals surface area contributed by atoms with Gasteiger partial charge in [-0.05, 0) is 20.9 Å². The zero-order valence-corrected chi connectivity index (χ0v) is 2.29. The number of hydrogen-bond acceptors (Lipinski definition) is 4. The van der Waals surface area contributed by atoms with Gasteiger partial charge in [0.05, 0.1) is 0 Å². The third kappa shape index (κ3) is 0.188. The summed E-state index contributed by atoms with van der Waals surface area (Å²) in [6.07, 6.45) is 0. The van der Waals surface area contributed by atoms with Gasteiger partial charge < -0.3 is 0 Å². The summed E-state index contributed by atoms with van der Waals surface area (Å²) in [6.45, 7) is 0. The number of aromatic nitrogens is 5. The standard InChI is InChI=1S/HN5/c1-2-4-5-3-1/h(H,1,2,3,4,5)/i1+1. The van der Waals surface area contributed by atoms with E-state index in [1.54, 1.807) is 0 Å². The predicted molar refractivity (Wildman–Crippen MR) is 12.0 cm³/mol. The Morgan fingerprint density at radius 3 is 1.80 bits per heavy atom. The lowest BCUT2D eigenvalue weighted by Gasteiger charge is -1.40. The first-order valence-corrected chi connectivity index (χ1v) is 1.05. The molecule has 0 aromatic carbocycles. The third-order valence-electron chi connectivity index (χ3n) is 0.219. The second-order valence-electron chi connectivity index (χ2n) is 0.479. The first-order valence-electron chi connectivity index (χ1n) is 1.05. The van der Waals surface area contributed by atoms with Crippen LogP contribution >= 0.6 is 0 Å². The van der Waals surface area contributed by atoms with Crippen molar-refractivity contribution in [2.75, 3.05) is 0 Å². The Morgan fingerprint density at radius 1 is 1.00 bits per heavy atom. The van der Waals surface area contributed by atoms with Crippen LogP contribution in [0.2, 0.25) is 0 Å². The van der Waals surface area contributed by atoms with Gasteiger partial charge in [0.25, 0.3) is 0 Å². The molecule has 0 spiro atoms. The Hall–Kier alpha value is -1.00. The Kier molecular flexibility index (Phi) is 0.338. The Balaban J connectivity index is 3.13.